The third-order valence-electron chi connectivity index (χ3n) is 9.11. The molecule has 1 aromatic heterocycles. The molecule has 1 aliphatic heterocycles. The number of rotatable bonds is 13. The highest BCUT2D eigenvalue weighted by Gasteiger charge is 2.42. The smallest absolute Gasteiger partial charge is 0.228 e. The van der Waals surface area contributed by atoms with E-state index in [1.807, 2.05) is 91.1 Å². The van der Waals surface area contributed by atoms with E-state index < -0.39 is 6.29 Å². The van der Waals surface area contributed by atoms with Crippen molar-refractivity contribution in [1.29, 1.82) is 0 Å². The predicted octanol–water partition coefficient (Wildman–Crippen LogP) is 7.07. The molecule has 6 rings (SSSR count). The number of carbonyl (C=O) groups excluding carboxylic acids is 2. The first-order valence-corrected chi connectivity index (χ1v) is 17.0. The molecule has 256 valence electrons. The fourth-order valence-corrected chi connectivity index (χ4v) is 6.41. The van der Waals surface area contributed by atoms with Crippen molar-refractivity contribution in [3.63, 3.8) is 0 Å². The number of ether oxygens (including phenoxy) is 2. The highest BCUT2D eigenvalue weighted by atomic mass is 16.7. The standard InChI is InChI=1S/C42H43N3O5/c1-29(47)35-11-8-13-37(26-35)44-39(48)25-30-14-20-34(21-15-30)42-49-38(27-45(2)24-22-36-12-6-7-23-43-36)40(32-9-4-3-5-10-32)41(50-42)33-18-16-31(28-46)17-19-33/h3-21,23,26,38,40-42,46H,22,24-25,27-28H2,1-2H3,(H,44,48)/t38-,40-,41+,42?/m1/s1. The van der Waals surface area contributed by atoms with Crippen LogP contribution in [0, 0.1) is 0 Å². The second-order valence-electron chi connectivity index (χ2n) is 12.8. The number of hydrogen-bond acceptors (Lipinski definition) is 7. The number of nitrogens with zero attached hydrogens (tertiary/aromatic N) is 2. The van der Waals surface area contributed by atoms with E-state index >= 15 is 0 Å². The molecule has 0 spiro atoms. The van der Waals surface area contributed by atoms with Gasteiger partial charge in [-0.05, 0) is 60.5 Å². The fraction of sp³-hybridized carbons (Fsp3) is 0.262. The van der Waals surface area contributed by atoms with E-state index in [9.17, 15) is 14.7 Å². The van der Waals surface area contributed by atoms with E-state index in [1.165, 1.54) is 6.92 Å². The van der Waals surface area contributed by atoms with Crippen LogP contribution in [0.3, 0.4) is 0 Å². The predicted molar refractivity (Wildman–Crippen MR) is 194 cm³/mol. The fourth-order valence-electron chi connectivity index (χ4n) is 6.41. The van der Waals surface area contributed by atoms with Gasteiger partial charge < -0.3 is 24.8 Å². The molecular formula is C42H43N3O5. The van der Waals surface area contributed by atoms with Gasteiger partial charge in [-0.2, -0.15) is 0 Å². The molecule has 1 saturated heterocycles. The van der Waals surface area contributed by atoms with E-state index in [1.54, 1.807) is 24.3 Å². The third-order valence-corrected chi connectivity index (χ3v) is 9.11. The minimum Gasteiger partial charge on any atom is -0.392 e. The first-order valence-electron chi connectivity index (χ1n) is 17.0. The summed E-state index contributed by atoms with van der Waals surface area (Å²) in [7, 11) is 2.11. The summed E-state index contributed by atoms with van der Waals surface area (Å²) in [6.07, 6.45) is 1.63. The number of hydrogen-bond donors (Lipinski definition) is 2. The molecular weight excluding hydrogens is 626 g/mol. The minimum absolute atomic E-state index is 0.0292. The van der Waals surface area contributed by atoms with E-state index in [2.05, 4.69) is 34.4 Å². The largest absolute Gasteiger partial charge is 0.392 e. The van der Waals surface area contributed by atoms with Crippen molar-refractivity contribution in [2.75, 3.05) is 25.5 Å². The lowest BCUT2D eigenvalue weighted by molar-refractivity contribution is -0.263. The van der Waals surface area contributed by atoms with Crippen molar-refractivity contribution >= 4 is 17.4 Å². The maximum Gasteiger partial charge on any atom is 0.228 e. The maximum atomic E-state index is 12.9. The Labute approximate surface area is 293 Å². The van der Waals surface area contributed by atoms with Gasteiger partial charge in [0.1, 0.15) is 0 Å². The molecule has 8 heteroatoms. The molecule has 1 fully saturated rings. The number of anilines is 1. The zero-order valence-electron chi connectivity index (χ0n) is 28.4. The van der Waals surface area contributed by atoms with Crippen LogP contribution in [-0.4, -0.2) is 52.9 Å². The second-order valence-corrected chi connectivity index (χ2v) is 12.8. The average Bonchev–Trinajstić information content (AvgIpc) is 3.15. The Morgan fingerprint density at radius 2 is 1.52 bits per heavy atom. The van der Waals surface area contributed by atoms with Crippen molar-refractivity contribution in [2.24, 2.45) is 0 Å². The van der Waals surface area contributed by atoms with Crippen molar-refractivity contribution in [2.45, 2.75) is 50.8 Å². The molecule has 1 unspecified atom stereocenters. The summed E-state index contributed by atoms with van der Waals surface area (Å²) < 4.78 is 13.7. The van der Waals surface area contributed by atoms with Crippen molar-refractivity contribution < 1.29 is 24.2 Å². The first-order chi connectivity index (χ1) is 24.4. The molecule has 2 N–H and O–H groups in total. The SMILES string of the molecule is CC(=O)c1cccc(NC(=O)Cc2ccc(C3O[C@H](CN(C)CCc4ccccn4)[C@@H](c4ccccc4)[C@H](c4ccc(CO)cc4)O3)cc2)c1. The average molecular weight is 670 g/mol. The normalized spacial score (nSPS) is 18.9. The van der Waals surface area contributed by atoms with E-state index in [4.69, 9.17) is 9.47 Å². The lowest BCUT2D eigenvalue weighted by atomic mass is 9.83. The Morgan fingerprint density at radius 3 is 2.22 bits per heavy atom. The van der Waals surface area contributed by atoms with Crippen LogP contribution in [0.4, 0.5) is 5.69 Å². The molecule has 50 heavy (non-hydrogen) atoms. The number of amides is 1. The number of aliphatic hydroxyl groups excluding tert-OH is 1. The van der Waals surface area contributed by atoms with Gasteiger partial charge in [0, 0.05) is 54.1 Å². The van der Waals surface area contributed by atoms with E-state index in [-0.39, 0.29) is 42.8 Å². The number of Topliss-reactive ketones (excluding diaryl/α,β-unsaturated/α-hetero) is 1. The number of ketones is 1. The molecule has 8 nitrogen and oxygen atoms in total. The summed E-state index contributed by atoms with van der Waals surface area (Å²) in [5.74, 6) is -0.328. The summed E-state index contributed by atoms with van der Waals surface area (Å²) in [6.45, 7) is 2.96. The van der Waals surface area contributed by atoms with Crippen LogP contribution in [0.2, 0.25) is 0 Å². The van der Waals surface area contributed by atoms with Gasteiger partial charge >= 0.3 is 0 Å². The Morgan fingerprint density at radius 1 is 0.800 bits per heavy atom. The lowest BCUT2D eigenvalue weighted by Gasteiger charge is -2.44. The highest BCUT2D eigenvalue weighted by molar-refractivity contribution is 5.97. The summed E-state index contributed by atoms with van der Waals surface area (Å²) in [5.41, 5.74) is 6.85. The van der Waals surface area contributed by atoms with Crippen LogP contribution in [0.15, 0.2) is 128 Å². The topological polar surface area (TPSA) is 101 Å². The number of pyridine rings is 1. The van der Waals surface area contributed by atoms with E-state index in [0.29, 0.717) is 17.8 Å². The summed E-state index contributed by atoms with van der Waals surface area (Å²) in [5, 5.41) is 12.6. The Hall–Kier alpha value is -4.99. The van der Waals surface area contributed by atoms with Gasteiger partial charge in [-0.25, -0.2) is 0 Å². The number of carbonyl (C=O) groups is 2. The van der Waals surface area contributed by atoms with Crippen molar-refractivity contribution in [3.05, 3.63) is 167 Å². The van der Waals surface area contributed by atoms with Crippen LogP contribution in [0.5, 0.6) is 0 Å². The van der Waals surface area contributed by atoms with Crippen LogP contribution in [0.1, 0.15) is 69.1 Å². The molecule has 1 aliphatic rings. The molecule has 1 amide bonds. The summed E-state index contributed by atoms with van der Waals surface area (Å²) in [4.78, 5) is 31.4. The highest BCUT2D eigenvalue weighted by Crippen LogP contribution is 2.47. The van der Waals surface area contributed by atoms with Crippen LogP contribution in [-0.2, 0) is 33.7 Å². The van der Waals surface area contributed by atoms with E-state index in [0.717, 1.165) is 46.5 Å². The Balaban J connectivity index is 1.23. The number of likely N-dealkylation sites (N-methyl/N-ethyl adjacent to an activating group) is 1. The minimum atomic E-state index is -0.649. The molecule has 4 aromatic carbocycles. The second kappa shape index (κ2) is 16.6. The lowest BCUT2D eigenvalue weighted by Crippen LogP contribution is -2.43. The number of benzene rings is 4. The van der Waals surface area contributed by atoms with Gasteiger partial charge in [0.2, 0.25) is 5.91 Å². The van der Waals surface area contributed by atoms with Gasteiger partial charge in [-0.15, -0.1) is 0 Å². The third kappa shape index (κ3) is 8.97. The molecule has 0 saturated carbocycles. The first kappa shape index (κ1) is 34.9. The van der Waals surface area contributed by atoms with Crippen molar-refractivity contribution in [3.8, 4) is 0 Å². The molecule has 0 bridgehead atoms. The van der Waals surface area contributed by atoms with Gasteiger partial charge in [0.15, 0.2) is 12.1 Å². The summed E-state index contributed by atoms with van der Waals surface area (Å²) >= 11 is 0. The number of aromatic nitrogens is 1. The zero-order chi connectivity index (χ0) is 34.9. The van der Waals surface area contributed by atoms with Crippen LogP contribution < -0.4 is 5.32 Å². The van der Waals surface area contributed by atoms with Gasteiger partial charge in [0.05, 0.1) is 25.2 Å². The summed E-state index contributed by atoms with van der Waals surface area (Å²) in [6, 6.07) is 39.0. The molecule has 5 aromatic rings. The Bertz CT molecular complexity index is 1850. The van der Waals surface area contributed by atoms with Crippen molar-refractivity contribution in [1.82, 2.24) is 9.88 Å². The quantitative estimate of drug-likeness (QED) is 0.129. The van der Waals surface area contributed by atoms with Crippen LogP contribution >= 0.6 is 0 Å². The van der Waals surface area contributed by atoms with Gasteiger partial charge in [0.25, 0.3) is 0 Å². The van der Waals surface area contributed by atoms with Gasteiger partial charge in [-0.1, -0.05) is 97.1 Å². The monoisotopic (exact) mass is 669 g/mol. The zero-order valence-corrected chi connectivity index (χ0v) is 28.4. The van der Waals surface area contributed by atoms with Crippen LogP contribution in [0.25, 0.3) is 0 Å². The number of nitrogens with one attached hydrogen (secondary N) is 1. The maximum absolute atomic E-state index is 12.9. The molecule has 0 aliphatic carbocycles. The Kier molecular flexibility index (Phi) is 11.6. The molecule has 2 heterocycles. The molecule has 0 radical (unpaired) electrons. The van der Waals surface area contributed by atoms with Gasteiger partial charge in [-0.3, -0.25) is 14.6 Å². The molecule has 4 atom stereocenters. The number of aliphatic hydroxyl groups is 1.